The highest BCUT2D eigenvalue weighted by molar-refractivity contribution is 5.93. The van der Waals surface area contributed by atoms with Crippen LogP contribution >= 0.6 is 0 Å². The van der Waals surface area contributed by atoms with Gasteiger partial charge in [0.05, 0.1) is 12.1 Å². The van der Waals surface area contributed by atoms with Gasteiger partial charge in [0.15, 0.2) is 5.78 Å². The SMILES string of the molecule is CC(=O)c1cn(Cc2ccon2)c(=O)n(C)c1=O. The molecule has 0 aliphatic heterocycles. The van der Waals surface area contributed by atoms with Gasteiger partial charge in [0, 0.05) is 19.3 Å². The summed E-state index contributed by atoms with van der Waals surface area (Å²) >= 11 is 0. The van der Waals surface area contributed by atoms with Crippen LogP contribution in [0.15, 0.2) is 32.6 Å². The number of carbonyl (C=O) groups excluding carboxylic acids is 1. The van der Waals surface area contributed by atoms with E-state index in [2.05, 4.69) is 9.68 Å². The second kappa shape index (κ2) is 4.44. The largest absolute Gasteiger partial charge is 0.364 e. The summed E-state index contributed by atoms with van der Waals surface area (Å²) in [5, 5.41) is 3.67. The molecule has 0 saturated heterocycles. The van der Waals surface area contributed by atoms with Crippen LogP contribution in [0.2, 0.25) is 0 Å². The molecular formula is C11H11N3O4. The van der Waals surface area contributed by atoms with E-state index in [9.17, 15) is 14.4 Å². The van der Waals surface area contributed by atoms with E-state index < -0.39 is 11.2 Å². The Bertz CT molecular complexity index is 694. The van der Waals surface area contributed by atoms with Crippen LogP contribution in [0.1, 0.15) is 23.0 Å². The number of rotatable bonds is 3. The van der Waals surface area contributed by atoms with Crippen molar-refractivity contribution in [1.82, 2.24) is 14.3 Å². The van der Waals surface area contributed by atoms with Crippen LogP contribution in [-0.2, 0) is 13.6 Å². The molecule has 0 fully saturated rings. The first-order valence-corrected chi connectivity index (χ1v) is 5.21. The van der Waals surface area contributed by atoms with Crippen molar-refractivity contribution in [1.29, 1.82) is 0 Å². The van der Waals surface area contributed by atoms with Crippen molar-refractivity contribution < 1.29 is 9.32 Å². The van der Waals surface area contributed by atoms with E-state index in [0.29, 0.717) is 5.69 Å². The molecule has 0 bridgehead atoms. The molecule has 94 valence electrons. The summed E-state index contributed by atoms with van der Waals surface area (Å²) in [6.45, 7) is 1.42. The Labute approximate surface area is 101 Å². The number of Topliss-reactive ketones (excluding diaryl/α,β-unsaturated/α-hetero) is 1. The van der Waals surface area contributed by atoms with Crippen molar-refractivity contribution >= 4 is 5.78 Å². The Kier molecular flexibility index (Phi) is 2.97. The first-order chi connectivity index (χ1) is 8.50. The van der Waals surface area contributed by atoms with E-state index >= 15 is 0 Å². The summed E-state index contributed by atoms with van der Waals surface area (Å²) in [6.07, 6.45) is 2.63. The molecule has 7 nitrogen and oxygen atoms in total. The van der Waals surface area contributed by atoms with Crippen LogP contribution in [0.4, 0.5) is 0 Å². The normalized spacial score (nSPS) is 10.6. The van der Waals surface area contributed by atoms with Crippen LogP contribution in [0.25, 0.3) is 0 Å². The zero-order valence-electron chi connectivity index (χ0n) is 9.91. The maximum atomic E-state index is 11.8. The fourth-order valence-electron chi connectivity index (χ4n) is 1.57. The van der Waals surface area contributed by atoms with Crippen LogP contribution in [0.5, 0.6) is 0 Å². The maximum Gasteiger partial charge on any atom is 0.331 e. The molecule has 2 aromatic rings. The van der Waals surface area contributed by atoms with Crippen molar-refractivity contribution in [2.45, 2.75) is 13.5 Å². The zero-order chi connectivity index (χ0) is 13.3. The van der Waals surface area contributed by atoms with Crippen LogP contribution < -0.4 is 11.2 Å². The molecule has 0 atom stereocenters. The van der Waals surface area contributed by atoms with Gasteiger partial charge in [-0.2, -0.15) is 0 Å². The average molecular weight is 249 g/mol. The Hall–Kier alpha value is -2.44. The highest BCUT2D eigenvalue weighted by Crippen LogP contribution is 1.98. The van der Waals surface area contributed by atoms with E-state index in [0.717, 1.165) is 4.57 Å². The standard InChI is InChI=1S/C11H11N3O4/c1-7(15)9-6-14(5-8-3-4-18-12-8)11(17)13(2)10(9)16/h3-4,6H,5H2,1-2H3. The lowest BCUT2D eigenvalue weighted by Crippen LogP contribution is -2.40. The van der Waals surface area contributed by atoms with Gasteiger partial charge in [-0.1, -0.05) is 5.16 Å². The minimum atomic E-state index is -0.594. The number of nitrogens with zero attached hydrogens (tertiary/aromatic N) is 3. The molecular weight excluding hydrogens is 238 g/mol. The summed E-state index contributed by atoms with van der Waals surface area (Å²) in [4.78, 5) is 34.8. The molecule has 18 heavy (non-hydrogen) atoms. The molecule has 0 aromatic carbocycles. The van der Waals surface area contributed by atoms with Crippen molar-refractivity contribution in [3.05, 3.63) is 50.6 Å². The van der Waals surface area contributed by atoms with Gasteiger partial charge in [-0.05, 0) is 6.92 Å². The van der Waals surface area contributed by atoms with Crippen molar-refractivity contribution in [3.63, 3.8) is 0 Å². The molecule has 2 heterocycles. The van der Waals surface area contributed by atoms with Gasteiger partial charge in [0.25, 0.3) is 5.56 Å². The van der Waals surface area contributed by atoms with Crippen LogP contribution in [-0.4, -0.2) is 20.1 Å². The van der Waals surface area contributed by atoms with Crippen molar-refractivity contribution in [2.75, 3.05) is 0 Å². The summed E-state index contributed by atoms with van der Waals surface area (Å²) < 4.78 is 6.80. The Morgan fingerprint density at radius 3 is 2.72 bits per heavy atom. The topological polar surface area (TPSA) is 87.1 Å². The molecule has 0 spiro atoms. The third kappa shape index (κ3) is 2.02. The molecule has 2 aromatic heterocycles. The van der Waals surface area contributed by atoms with Gasteiger partial charge in [0.2, 0.25) is 0 Å². The molecule has 0 amide bonds. The van der Waals surface area contributed by atoms with E-state index in [1.54, 1.807) is 6.07 Å². The quantitative estimate of drug-likeness (QED) is 0.702. The van der Waals surface area contributed by atoms with Gasteiger partial charge in [-0.15, -0.1) is 0 Å². The fraction of sp³-hybridized carbons (Fsp3) is 0.273. The molecule has 0 saturated carbocycles. The maximum absolute atomic E-state index is 11.8. The monoisotopic (exact) mass is 249 g/mol. The van der Waals surface area contributed by atoms with Crippen molar-refractivity contribution in [2.24, 2.45) is 7.05 Å². The Morgan fingerprint density at radius 2 is 2.17 bits per heavy atom. The Morgan fingerprint density at radius 1 is 1.44 bits per heavy atom. The van der Waals surface area contributed by atoms with Gasteiger partial charge in [-0.25, -0.2) is 4.79 Å². The molecule has 0 radical (unpaired) electrons. The Balaban J connectivity index is 2.58. The van der Waals surface area contributed by atoms with Gasteiger partial charge < -0.3 is 4.52 Å². The first-order valence-electron chi connectivity index (χ1n) is 5.21. The minimum absolute atomic E-state index is 0.0272. The highest BCUT2D eigenvalue weighted by atomic mass is 16.5. The first kappa shape index (κ1) is 12.0. The fourth-order valence-corrected chi connectivity index (χ4v) is 1.57. The number of carbonyl (C=O) groups is 1. The summed E-state index contributed by atoms with van der Waals surface area (Å²) in [5.41, 5.74) is -0.595. The van der Waals surface area contributed by atoms with E-state index in [-0.39, 0.29) is 17.9 Å². The van der Waals surface area contributed by atoms with Gasteiger partial charge >= 0.3 is 5.69 Å². The predicted molar refractivity (Wildman–Crippen MR) is 61.6 cm³/mol. The molecule has 0 aliphatic carbocycles. The molecule has 0 unspecified atom stereocenters. The van der Waals surface area contributed by atoms with Crippen molar-refractivity contribution in [3.8, 4) is 0 Å². The zero-order valence-corrected chi connectivity index (χ0v) is 9.91. The second-order valence-electron chi connectivity index (χ2n) is 3.86. The molecule has 2 rings (SSSR count). The summed E-state index contributed by atoms with van der Waals surface area (Å²) in [6, 6.07) is 1.60. The third-order valence-electron chi connectivity index (χ3n) is 2.56. The smallest absolute Gasteiger partial charge is 0.331 e. The number of hydrogen-bond donors (Lipinski definition) is 0. The highest BCUT2D eigenvalue weighted by Gasteiger charge is 2.12. The number of hydrogen-bond acceptors (Lipinski definition) is 5. The summed E-state index contributed by atoms with van der Waals surface area (Å²) in [7, 11) is 1.33. The van der Waals surface area contributed by atoms with Gasteiger partial charge in [0.1, 0.15) is 12.0 Å². The second-order valence-corrected chi connectivity index (χ2v) is 3.86. The lowest BCUT2D eigenvalue weighted by molar-refractivity contribution is 0.101. The summed E-state index contributed by atoms with van der Waals surface area (Å²) in [5.74, 6) is -0.385. The average Bonchev–Trinajstić information content (AvgIpc) is 2.82. The van der Waals surface area contributed by atoms with Gasteiger partial charge in [-0.3, -0.25) is 18.7 Å². The lowest BCUT2D eigenvalue weighted by Gasteiger charge is -2.07. The van der Waals surface area contributed by atoms with E-state index in [1.807, 2.05) is 0 Å². The molecule has 0 N–H and O–H groups in total. The minimum Gasteiger partial charge on any atom is -0.364 e. The third-order valence-corrected chi connectivity index (χ3v) is 2.56. The molecule has 7 heteroatoms. The number of ketones is 1. The molecule has 0 aliphatic rings. The lowest BCUT2D eigenvalue weighted by atomic mass is 10.2. The van der Waals surface area contributed by atoms with E-state index in [4.69, 9.17) is 0 Å². The predicted octanol–water partition coefficient (Wildman–Crippen LogP) is -0.214. The number of aromatic nitrogens is 3. The van der Waals surface area contributed by atoms with Crippen LogP contribution in [0, 0.1) is 0 Å². The van der Waals surface area contributed by atoms with E-state index in [1.165, 1.54) is 31.0 Å². The van der Waals surface area contributed by atoms with Crippen LogP contribution in [0.3, 0.4) is 0 Å².